The highest BCUT2D eigenvalue weighted by Gasteiger charge is 2.18. The number of carbonyl (C=O) groups excluding carboxylic acids is 1. The van der Waals surface area contributed by atoms with Crippen LogP contribution in [0.4, 0.5) is 5.69 Å². The largest absolute Gasteiger partial charge is 0.479 e. The van der Waals surface area contributed by atoms with E-state index >= 15 is 0 Å². The topological polar surface area (TPSA) is 84.5 Å². The summed E-state index contributed by atoms with van der Waals surface area (Å²) in [5, 5.41) is 3.09. The molecule has 0 aliphatic heterocycles. The zero-order valence-corrected chi connectivity index (χ0v) is 16.3. The number of rotatable bonds is 7. The van der Waals surface area contributed by atoms with Crippen LogP contribution in [0.15, 0.2) is 53.4 Å². The Hall–Kier alpha value is -2.09. The Morgan fingerprint density at radius 2 is 1.65 bits per heavy atom. The van der Waals surface area contributed by atoms with Crippen molar-refractivity contribution in [2.45, 2.75) is 37.8 Å². The van der Waals surface area contributed by atoms with Crippen molar-refractivity contribution in [2.24, 2.45) is 0 Å². The van der Waals surface area contributed by atoms with Crippen molar-refractivity contribution in [1.82, 2.24) is 4.72 Å². The molecule has 0 aliphatic rings. The molecule has 0 heterocycles. The van der Waals surface area contributed by atoms with Gasteiger partial charge in [-0.05, 0) is 57.2 Å². The summed E-state index contributed by atoms with van der Waals surface area (Å²) < 4.78 is 32.2. The average Bonchev–Trinajstić information content (AvgIpc) is 2.56. The van der Waals surface area contributed by atoms with E-state index in [1.807, 2.05) is 0 Å². The smallest absolute Gasteiger partial charge is 0.265 e. The number of benzene rings is 2. The number of nitrogens with one attached hydrogen (secondary N) is 2. The maximum absolute atomic E-state index is 12.2. The Morgan fingerprint density at radius 3 is 2.23 bits per heavy atom. The summed E-state index contributed by atoms with van der Waals surface area (Å²) in [6.45, 7) is 5.09. The van der Waals surface area contributed by atoms with E-state index in [0.29, 0.717) is 16.5 Å². The second kappa shape index (κ2) is 8.53. The van der Waals surface area contributed by atoms with Gasteiger partial charge in [0.05, 0.1) is 9.92 Å². The fraction of sp³-hybridized carbons (Fsp3) is 0.278. The second-order valence-electron chi connectivity index (χ2n) is 5.98. The maximum atomic E-state index is 12.2. The van der Waals surface area contributed by atoms with E-state index in [9.17, 15) is 13.2 Å². The van der Waals surface area contributed by atoms with Gasteiger partial charge >= 0.3 is 0 Å². The molecule has 1 unspecified atom stereocenters. The second-order valence-corrected chi connectivity index (χ2v) is 8.10. The van der Waals surface area contributed by atoms with Crippen molar-refractivity contribution >= 4 is 33.2 Å². The number of sulfonamides is 1. The highest BCUT2D eigenvalue weighted by molar-refractivity contribution is 7.89. The van der Waals surface area contributed by atoms with Crippen LogP contribution in [0.2, 0.25) is 5.02 Å². The summed E-state index contributed by atoms with van der Waals surface area (Å²) in [4.78, 5) is 12.4. The minimum absolute atomic E-state index is 0.129. The first-order chi connectivity index (χ1) is 12.2. The molecule has 2 aromatic carbocycles. The van der Waals surface area contributed by atoms with Gasteiger partial charge in [0.15, 0.2) is 6.10 Å². The van der Waals surface area contributed by atoms with Crippen LogP contribution in [0.25, 0.3) is 0 Å². The molecule has 6 nitrogen and oxygen atoms in total. The molecular weight excluding hydrogens is 376 g/mol. The average molecular weight is 397 g/mol. The van der Waals surface area contributed by atoms with E-state index < -0.39 is 16.1 Å². The van der Waals surface area contributed by atoms with E-state index in [0.717, 1.165) is 0 Å². The Bertz CT molecular complexity index is 867. The zero-order chi connectivity index (χ0) is 19.3. The van der Waals surface area contributed by atoms with Crippen LogP contribution in [0.5, 0.6) is 5.75 Å². The molecule has 2 aromatic rings. The first-order valence-corrected chi connectivity index (χ1v) is 9.89. The molecule has 0 aliphatic carbocycles. The lowest BCUT2D eigenvalue weighted by molar-refractivity contribution is -0.122. The number of halogens is 1. The summed E-state index contributed by atoms with van der Waals surface area (Å²) in [7, 11) is -3.57. The monoisotopic (exact) mass is 396 g/mol. The third-order valence-corrected chi connectivity index (χ3v) is 5.32. The van der Waals surface area contributed by atoms with Gasteiger partial charge in [-0.15, -0.1) is 0 Å². The Labute approximate surface area is 158 Å². The Morgan fingerprint density at radius 1 is 1.04 bits per heavy atom. The van der Waals surface area contributed by atoms with E-state index in [1.54, 1.807) is 45.0 Å². The molecule has 0 bridgehead atoms. The summed E-state index contributed by atoms with van der Waals surface area (Å²) in [5.41, 5.74) is 0.466. The van der Waals surface area contributed by atoms with Gasteiger partial charge in [0.25, 0.3) is 5.91 Å². The quantitative estimate of drug-likeness (QED) is 0.750. The summed E-state index contributed by atoms with van der Waals surface area (Å²) in [6.07, 6.45) is -0.777. The van der Waals surface area contributed by atoms with Crippen LogP contribution in [-0.2, 0) is 14.8 Å². The van der Waals surface area contributed by atoms with Crippen LogP contribution >= 0.6 is 11.6 Å². The van der Waals surface area contributed by atoms with Crippen molar-refractivity contribution < 1.29 is 17.9 Å². The van der Waals surface area contributed by atoms with Gasteiger partial charge in [0, 0.05) is 11.7 Å². The normalized spacial score (nSPS) is 12.7. The minimum atomic E-state index is -3.57. The predicted molar refractivity (Wildman–Crippen MR) is 102 cm³/mol. The molecule has 0 radical (unpaired) electrons. The Balaban J connectivity index is 2.02. The highest BCUT2D eigenvalue weighted by Crippen LogP contribution is 2.24. The molecule has 1 atom stereocenters. The van der Waals surface area contributed by atoms with Crippen molar-refractivity contribution in [3.8, 4) is 5.75 Å². The van der Waals surface area contributed by atoms with Crippen LogP contribution in [0.3, 0.4) is 0 Å². The summed E-state index contributed by atoms with van der Waals surface area (Å²) in [6, 6.07) is 12.6. The number of hydrogen-bond donors (Lipinski definition) is 2. The van der Waals surface area contributed by atoms with Crippen LogP contribution < -0.4 is 14.8 Å². The zero-order valence-electron chi connectivity index (χ0n) is 14.7. The van der Waals surface area contributed by atoms with Crippen LogP contribution in [0, 0.1) is 0 Å². The molecule has 0 saturated heterocycles. The lowest BCUT2D eigenvalue weighted by atomic mass is 10.3. The van der Waals surface area contributed by atoms with Gasteiger partial charge in [-0.25, -0.2) is 13.1 Å². The number of hydrogen-bond acceptors (Lipinski definition) is 4. The number of ether oxygens (including phenoxy) is 1. The third-order valence-electron chi connectivity index (χ3n) is 3.33. The van der Waals surface area contributed by atoms with Gasteiger partial charge in [0.1, 0.15) is 5.75 Å². The number of para-hydroxylation sites is 1. The molecule has 0 spiro atoms. The SMILES string of the molecule is CC(C)NS(=O)(=O)c1ccc(NC(=O)C(C)Oc2ccccc2Cl)cc1. The first-order valence-electron chi connectivity index (χ1n) is 8.03. The minimum Gasteiger partial charge on any atom is -0.479 e. The van der Waals surface area contributed by atoms with Crippen molar-refractivity contribution in [3.63, 3.8) is 0 Å². The van der Waals surface area contributed by atoms with Gasteiger partial charge in [-0.1, -0.05) is 23.7 Å². The Kier molecular flexibility index (Phi) is 6.63. The van der Waals surface area contributed by atoms with Crippen molar-refractivity contribution in [1.29, 1.82) is 0 Å². The standard InChI is InChI=1S/C18H21ClN2O4S/c1-12(2)21-26(23,24)15-10-8-14(9-11-15)20-18(22)13(3)25-17-7-5-4-6-16(17)19/h4-13,21H,1-3H3,(H,20,22). The van der Waals surface area contributed by atoms with Crippen molar-refractivity contribution in [2.75, 3.05) is 5.32 Å². The van der Waals surface area contributed by atoms with Gasteiger partial charge in [0.2, 0.25) is 10.0 Å². The number of anilines is 1. The van der Waals surface area contributed by atoms with Gasteiger partial charge < -0.3 is 10.1 Å². The lowest BCUT2D eigenvalue weighted by Crippen LogP contribution is -2.31. The molecule has 1 amide bonds. The highest BCUT2D eigenvalue weighted by atomic mass is 35.5. The first kappa shape index (κ1) is 20.2. The lowest BCUT2D eigenvalue weighted by Gasteiger charge is -2.16. The molecule has 2 rings (SSSR count). The van der Waals surface area contributed by atoms with E-state index in [4.69, 9.17) is 16.3 Å². The van der Waals surface area contributed by atoms with E-state index in [2.05, 4.69) is 10.0 Å². The molecule has 0 fully saturated rings. The molecule has 26 heavy (non-hydrogen) atoms. The molecule has 2 N–H and O–H groups in total. The molecular formula is C18H21ClN2O4S. The molecule has 8 heteroatoms. The van der Waals surface area contributed by atoms with E-state index in [-0.39, 0.29) is 16.8 Å². The van der Waals surface area contributed by atoms with Crippen LogP contribution in [-0.4, -0.2) is 26.5 Å². The fourth-order valence-electron chi connectivity index (χ4n) is 2.12. The molecule has 140 valence electrons. The summed E-state index contributed by atoms with van der Waals surface area (Å²) >= 11 is 6.01. The fourth-order valence-corrected chi connectivity index (χ4v) is 3.56. The van der Waals surface area contributed by atoms with E-state index in [1.165, 1.54) is 24.3 Å². The summed E-state index contributed by atoms with van der Waals surface area (Å²) in [5.74, 6) is 0.0406. The third kappa shape index (κ3) is 5.45. The number of amides is 1. The molecule has 0 saturated carbocycles. The maximum Gasteiger partial charge on any atom is 0.265 e. The van der Waals surface area contributed by atoms with Crippen molar-refractivity contribution in [3.05, 3.63) is 53.6 Å². The molecule has 0 aromatic heterocycles. The van der Waals surface area contributed by atoms with Crippen LogP contribution in [0.1, 0.15) is 20.8 Å². The predicted octanol–water partition coefficient (Wildman–Crippen LogP) is 3.43. The number of carbonyl (C=O) groups is 1. The van der Waals surface area contributed by atoms with Gasteiger partial charge in [-0.3, -0.25) is 4.79 Å². The van der Waals surface area contributed by atoms with Gasteiger partial charge in [-0.2, -0.15) is 0 Å².